The van der Waals surface area contributed by atoms with E-state index in [-0.39, 0.29) is 39.5 Å². The third-order valence-electron chi connectivity index (χ3n) is 7.17. The third-order valence-corrected chi connectivity index (χ3v) is 10.2. The number of hydrogen-bond acceptors (Lipinski definition) is 4. The van der Waals surface area contributed by atoms with Gasteiger partial charge in [-0.1, -0.05) is 113 Å². The Hall–Kier alpha value is -3.37. The number of unbranched alkanes of at least 4 members (excludes halogenated alkanes) is 1. The molecule has 0 heterocycles. The van der Waals surface area contributed by atoms with Crippen molar-refractivity contribution in [1.82, 2.24) is 10.2 Å². The molecule has 0 bridgehead atoms. The van der Waals surface area contributed by atoms with E-state index in [1.807, 2.05) is 61.5 Å². The van der Waals surface area contributed by atoms with E-state index in [9.17, 15) is 18.0 Å². The highest BCUT2D eigenvalue weighted by atomic mass is 79.9. The first kappa shape index (κ1) is 34.5. The van der Waals surface area contributed by atoms with Gasteiger partial charge in [0, 0.05) is 24.0 Å². The number of nitrogens with one attached hydrogen (secondary N) is 1. The largest absolute Gasteiger partial charge is 0.354 e. The number of sulfonamides is 1. The van der Waals surface area contributed by atoms with Gasteiger partial charge in [0.05, 0.1) is 20.6 Å². The van der Waals surface area contributed by atoms with Crippen LogP contribution in [-0.4, -0.2) is 44.3 Å². The fraction of sp³-hybridized carbons (Fsp3) is 0.235. The molecule has 45 heavy (non-hydrogen) atoms. The fourth-order valence-electron chi connectivity index (χ4n) is 4.74. The van der Waals surface area contributed by atoms with Crippen molar-refractivity contribution in [3.05, 3.63) is 129 Å². The van der Waals surface area contributed by atoms with Crippen molar-refractivity contribution in [3.8, 4) is 0 Å². The summed E-state index contributed by atoms with van der Waals surface area (Å²) < 4.78 is 30.0. The highest BCUT2D eigenvalue weighted by molar-refractivity contribution is 9.10. The standard InChI is InChI=1S/C34H34BrCl2N3O4S/c1-2-3-20-38-34(42)32(21-25-10-6-4-7-11-25)39(23-26-14-16-27(35)17-15-26)33(41)24-40(28-18-19-30(36)31(37)22-28)45(43,44)29-12-8-5-9-13-29/h4-19,22,32H,2-3,20-21,23-24H2,1H3,(H,38,42). The quantitative estimate of drug-likeness (QED) is 0.136. The summed E-state index contributed by atoms with van der Waals surface area (Å²) in [6.45, 7) is 1.98. The zero-order valence-corrected chi connectivity index (χ0v) is 28.6. The molecular weight excluding hydrogens is 697 g/mol. The Morgan fingerprint density at radius 3 is 2.11 bits per heavy atom. The molecule has 1 unspecified atom stereocenters. The van der Waals surface area contributed by atoms with E-state index in [0.717, 1.165) is 32.7 Å². The molecule has 0 fully saturated rings. The lowest BCUT2D eigenvalue weighted by Crippen LogP contribution is -2.53. The van der Waals surface area contributed by atoms with Crippen LogP contribution in [-0.2, 0) is 32.6 Å². The summed E-state index contributed by atoms with van der Waals surface area (Å²) in [7, 11) is -4.24. The SMILES string of the molecule is CCCCNC(=O)C(Cc1ccccc1)N(Cc1ccc(Br)cc1)C(=O)CN(c1ccc(Cl)c(Cl)c1)S(=O)(=O)c1ccccc1. The molecule has 4 rings (SSSR count). The van der Waals surface area contributed by atoms with Gasteiger partial charge < -0.3 is 10.2 Å². The summed E-state index contributed by atoms with van der Waals surface area (Å²) in [5.74, 6) is -0.875. The molecule has 0 spiro atoms. The van der Waals surface area contributed by atoms with Crippen molar-refractivity contribution in [2.24, 2.45) is 0 Å². The zero-order chi connectivity index (χ0) is 32.4. The van der Waals surface area contributed by atoms with Crippen molar-refractivity contribution < 1.29 is 18.0 Å². The second-order valence-electron chi connectivity index (χ2n) is 10.4. The number of benzene rings is 4. The second-order valence-corrected chi connectivity index (χ2v) is 14.0. The van der Waals surface area contributed by atoms with Gasteiger partial charge >= 0.3 is 0 Å². The molecule has 0 saturated carbocycles. The molecule has 2 amide bonds. The van der Waals surface area contributed by atoms with Gasteiger partial charge in [-0.15, -0.1) is 0 Å². The van der Waals surface area contributed by atoms with Crippen LogP contribution >= 0.6 is 39.1 Å². The molecule has 4 aromatic carbocycles. The molecule has 0 saturated heterocycles. The van der Waals surface area contributed by atoms with E-state index >= 15 is 0 Å². The average Bonchev–Trinajstić information content (AvgIpc) is 3.04. The smallest absolute Gasteiger partial charge is 0.264 e. The molecule has 7 nitrogen and oxygen atoms in total. The molecule has 0 aliphatic heterocycles. The van der Waals surface area contributed by atoms with Crippen LogP contribution in [0, 0.1) is 0 Å². The van der Waals surface area contributed by atoms with E-state index in [2.05, 4.69) is 21.2 Å². The maximum absolute atomic E-state index is 14.5. The Labute approximate surface area is 283 Å². The van der Waals surface area contributed by atoms with Gasteiger partial charge in [0.15, 0.2) is 0 Å². The molecule has 0 radical (unpaired) electrons. The Morgan fingerprint density at radius 1 is 0.844 bits per heavy atom. The lowest BCUT2D eigenvalue weighted by atomic mass is 10.0. The molecule has 236 valence electrons. The van der Waals surface area contributed by atoms with Crippen LogP contribution in [0.25, 0.3) is 0 Å². The number of rotatable bonds is 14. The summed E-state index contributed by atoms with van der Waals surface area (Å²) in [5.41, 5.74) is 1.80. The fourth-order valence-corrected chi connectivity index (χ4v) is 6.72. The van der Waals surface area contributed by atoms with Gasteiger partial charge in [-0.05, 0) is 60.0 Å². The second kappa shape index (κ2) is 16.3. The summed E-state index contributed by atoms with van der Waals surface area (Å²) in [4.78, 5) is 29.7. The van der Waals surface area contributed by atoms with Gasteiger partial charge in [0.25, 0.3) is 10.0 Å². The first-order chi connectivity index (χ1) is 21.6. The van der Waals surface area contributed by atoms with Crippen LogP contribution in [0.3, 0.4) is 0 Å². The van der Waals surface area contributed by atoms with E-state index in [1.54, 1.807) is 18.2 Å². The number of hydrogen-bond donors (Lipinski definition) is 1. The number of nitrogens with zero attached hydrogens (tertiary/aromatic N) is 2. The van der Waals surface area contributed by atoms with Crippen molar-refractivity contribution in [2.75, 3.05) is 17.4 Å². The van der Waals surface area contributed by atoms with Crippen molar-refractivity contribution in [1.29, 1.82) is 0 Å². The Morgan fingerprint density at radius 2 is 1.49 bits per heavy atom. The number of anilines is 1. The molecule has 0 aliphatic carbocycles. The summed E-state index contributed by atoms with van der Waals surface area (Å²) in [6.07, 6.45) is 1.91. The summed E-state index contributed by atoms with van der Waals surface area (Å²) in [6, 6.07) is 28.2. The maximum Gasteiger partial charge on any atom is 0.264 e. The van der Waals surface area contributed by atoms with Crippen LogP contribution in [0.2, 0.25) is 10.0 Å². The average molecular weight is 732 g/mol. The monoisotopic (exact) mass is 729 g/mol. The molecule has 4 aromatic rings. The first-order valence-electron chi connectivity index (χ1n) is 14.5. The zero-order valence-electron chi connectivity index (χ0n) is 24.7. The molecule has 1 N–H and O–H groups in total. The van der Waals surface area contributed by atoms with Crippen LogP contribution in [0.1, 0.15) is 30.9 Å². The topological polar surface area (TPSA) is 86.8 Å². The lowest BCUT2D eigenvalue weighted by Gasteiger charge is -2.34. The van der Waals surface area contributed by atoms with Crippen LogP contribution in [0.4, 0.5) is 5.69 Å². The Balaban J connectivity index is 1.79. The normalized spacial score (nSPS) is 11.9. The maximum atomic E-state index is 14.5. The number of amides is 2. The predicted molar refractivity (Wildman–Crippen MR) is 184 cm³/mol. The predicted octanol–water partition coefficient (Wildman–Crippen LogP) is 7.51. The molecular formula is C34H34BrCl2N3O4S. The summed E-state index contributed by atoms with van der Waals surface area (Å²) >= 11 is 15.9. The van der Waals surface area contributed by atoms with Gasteiger partial charge in [0.2, 0.25) is 11.8 Å². The van der Waals surface area contributed by atoms with Gasteiger partial charge in [-0.25, -0.2) is 8.42 Å². The highest BCUT2D eigenvalue weighted by Crippen LogP contribution is 2.31. The number of halogens is 3. The van der Waals surface area contributed by atoms with Gasteiger partial charge in [0.1, 0.15) is 12.6 Å². The minimum absolute atomic E-state index is 0.00137. The highest BCUT2D eigenvalue weighted by Gasteiger charge is 2.34. The molecule has 0 aromatic heterocycles. The van der Waals surface area contributed by atoms with Crippen LogP contribution < -0.4 is 9.62 Å². The Kier molecular flexibility index (Phi) is 12.5. The van der Waals surface area contributed by atoms with Crippen LogP contribution in [0.5, 0.6) is 0 Å². The van der Waals surface area contributed by atoms with E-state index in [4.69, 9.17) is 23.2 Å². The third kappa shape index (κ3) is 9.33. The van der Waals surface area contributed by atoms with E-state index < -0.39 is 28.5 Å². The molecule has 11 heteroatoms. The molecule has 1 atom stereocenters. The van der Waals surface area contributed by atoms with Crippen LogP contribution in [0.15, 0.2) is 112 Å². The number of carbonyl (C=O) groups is 2. The minimum atomic E-state index is -4.24. The van der Waals surface area contributed by atoms with E-state index in [1.165, 1.54) is 35.2 Å². The summed E-state index contributed by atoms with van der Waals surface area (Å²) in [5, 5.41) is 3.37. The van der Waals surface area contributed by atoms with E-state index in [0.29, 0.717) is 6.54 Å². The number of carbonyl (C=O) groups excluding carboxylic acids is 2. The first-order valence-corrected chi connectivity index (χ1v) is 17.5. The molecule has 0 aliphatic rings. The lowest BCUT2D eigenvalue weighted by molar-refractivity contribution is -0.140. The van der Waals surface area contributed by atoms with Gasteiger partial charge in [-0.2, -0.15) is 0 Å². The van der Waals surface area contributed by atoms with Gasteiger partial charge in [-0.3, -0.25) is 13.9 Å². The van der Waals surface area contributed by atoms with Crippen molar-refractivity contribution >= 4 is 66.7 Å². The minimum Gasteiger partial charge on any atom is -0.354 e. The van der Waals surface area contributed by atoms with Crippen molar-refractivity contribution in [3.63, 3.8) is 0 Å². The Bertz CT molecular complexity index is 1690. The van der Waals surface area contributed by atoms with Crippen molar-refractivity contribution in [2.45, 2.75) is 43.7 Å².